The Morgan fingerprint density at radius 3 is 2.18 bits per heavy atom. The van der Waals surface area contributed by atoms with Crippen LogP contribution in [0.1, 0.15) is 92.4 Å². The van der Waals surface area contributed by atoms with E-state index in [0.29, 0.717) is 25.7 Å². The normalized spacial score (nSPS) is 52.6. The lowest BCUT2D eigenvalue weighted by Gasteiger charge is -2.66. The molecule has 0 aromatic rings. The minimum atomic E-state index is -1.36. The quantitative estimate of drug-likeness (QED) is 0.150. The molecule has 296 valence electrons. The third kappa shape index (κ3) is 7.08. The van der Waals surface area contributed by atoms with Gasteiger partial charge in [0.25, 0.3) is 0 Å². The zero-order valence-electron chi connectivity index (χ0n) is 31.3. The van der Waals surface area contributed by atoms with Gasteiger partial charge < -0.3 is 64.5 Å². The van der Waals surface area contributed by atoms with Crippen molar-refractivity contribution in [1.29, 1.82) is 0 Å². The van der Waals surface area contributed by atoms with Gasteiger partial charge in [0, 0.05) is 19.4 Å². The zero-order valence-corrected chi connectivity index (χ0v) is 31.3. The topological polar surface area (TPSA) is 208 Å². The van der Waals surface area contributed by atoms with Gasteiger partial charge in [-0.1, -0.05) is 34.6 Å². The predicted octanol–water partition coefficient (Wildman–Crippen LogP) is 1.08. The Labute approximate surface area is 302 Å². The minimum absolute atomic E-state index is 0.0199. The summed E-state index contributed by atoms with van der Waals surface area (Å²) in [5.74, 6) is -0.0268. The lowest BCUT2D eigenvalue weighted by atomic mass is 9.42. The van der Waals surface area contributed by atoms with Gasteiger partial charge in [-0.25, -0.2) is 0 Å². The summed E-state index contributed by atoms with van der Waals surface area (Å²) < 4.78 is 28.5. The molecule has 0 spiro atoms. The lowest BCUT2D eigenvalue weighted by molar-refractivity contribution is -0.282. The van der Waals surface area contributed by atoms with E-state index < -0.39 is 73.1 Å². The van der Waals surface area contributed by atoms with Crippen LogP contribution in [-0.2, 0) is 23.7 Å². The molecule has 20 atom stereocenters. The van der Waals surface area contributed by atoms with Crippen molar-refractivity contribution in [1.82, 2.24) is 0 Å². The SMILES string of the molecule is COC1COC(OCC2OC(OC(CCC(C)C3CC(O)C4C3(C)CCC3C5(C)CCC(O)CC5C(O)CC34O)C(C)C)C(O)C2O)C(O)C1O. The van der Waals surface area contributed by atoms with Crippen LogP contribution in [0.3, 0.4) is 0 Å². The maximum absolute atomic E-state index is 12.6. The van der Waals surface area contributed by atoms with Crippen molar-refractivity contribution in [2.45, 2.75) is 172 Å². The van der Waals surface area contributed by atoms with Crippen molar-refractivity contribution in [3.8, 4) is 0 Å². The molecule has 0 amide bonds. The van der Waals surface area contributed by atoms with Crippen molar-refractivity contribution >= 4 is 0 Å². The van der Waals surface area contributed by atoms with Crippen LogP contribution in [0, 0.1) is 46.3 Å². The van der Waals surface area contributed by atoms with Gasteiger partial charge in [0.15, 0.2) is 12.6 Å². The smallest absolute Gasteiger partial charge is 0.186 e. The molecule has 13 nitrogen and oxygen atoms in total. The first-order valence-corrected chi connectivity index (χ1v) is 19.5. The first-order valence-electron chi connectivity index (χ1n) is 19.5. The van der Waals surface area contributed by atoms with Gasteiger partial charge >= 0.3 is 0 Å². The average Bonchev–Trinajstić information content (AvgIpc) is 3.51. The van der Waals surface area contributed by atoms with Gasteiger partial charge in [0.05, 0.1) is 43.2 Å². The van der Waals surface area contributed by atoms with E-state index in [0.717, 1.165) is 25.7 Å². The number of aliphatic hydroxyl groups is 8. The van der Waals surface area contributed by atoms with Crippen LogP contribution in [0.25, 0.3) is 0 Å². The van der Waals surface area contributed by atoms with Crippen molar-refractivity contribution in [3.05, 3.63) is 0 Å². The van der Waals surface area contributed by atoms with E-state index in [1.54, 1.807) is 0 Å². The van der Waals surface area contributed by atoms with Crippen molar-refractivity contribution < 1.29 is 64.5 Å². The number of aliphatic hydroxyl groups excluding tert-OH is 7. The molecule has 0 bridgehead atoms. The fourth-order valence-electron chi connectivity index (χ4n) is 12.0. The Balaban J connectivity index is 1.06. The molecule has 51 heavy (non-hydrogen) atoms. The van der Waals surface area contributed by atoms with Gasteiger partial charge in [-0.2, -0.15) is 0 Å². The Morgan fingerprint density at radius 2 is 1.49 bits per heavy atom. The summed E-state index contributed by atoms with van der Waals surface area (Å²) in [6.07, 6.45) is -5.22. The summed E-state index contributed by atoms with van der Waals surface area (Å²) in [6.45, 7) is 10.5. The van der Waals surface area contributed by atoms with Crippen LogP contribution in [0.15, 0.2) is 0 Å². The molecule has 2 saturated heterocycles. The Morgan fingerprint density at radius 1 is 0.804 bits per heavy atom. The van der Waals surface area contributed by atoms with Crippen molar-refractivity contribution in [3.63, 3.8) is 0 Å². The van der Waals surface area contributed by atoms with Crippen LogP contribution in [0.2, 0.25) is 0 Å². The molecule has 0 radical (unpaired) electrons. The maximum atomic E-state index is 12.6. The number of hydrogen-bond acceptors (Lipinski definition) is 13. The highest BCUT2D eigenvalue weighted by molar-refractivity contribution is 5.20. The van der Waals surface area contributed by atoms with E-state index in [1.807, 2.05) is 13.8 Å². The van der Waals surface area contributed by atoms with Gasteiger partial charge in [0.2, 0.25) is 0 Å². The van der Waals surface area contributed by atoms with Crippen LogP contribution in [0.5, 0.6) is 0 Å². The van der Waals surface area contributed by atoms with E-state index in [9.17, 15) is 40.9 Å². The summed E-state index contributed by atoms with van der Waals surface area (Å²) >= 11 is 0. The molecule has 2 heterocycles. The minimum Gasteiger partial charge on any atom is -0.393 e. The van der Waals surface area contributed by atoms with Crippen molar-refractivity contribution in [2.24, 2.45) is 46.3 Å². The van der Waals surface area contributed by atoms with Gasteiger partial charge in [-0.3, -0.25) is 0 Å². The summed E-state index contributed by atoms with van der Waals surface area (Å²) in [4.78, 5) is 0. The van der Waals surface area contributed by atoms with Crippen LogP contribution < -0.4 is 0 Å². The van der Waals surface area contributed by atoms with Gasteiger partial charge in [0.1, 0.15) is 36.6 Å². The Hall–Kier alpha value is -0.520. The third-order valence-corrected chi connectivity index (χ3v) is 14.9. The van der Waals surface area contributed by atoms with Gasteiger partial charge in [-0.15, -0.1) is 0 Å². The summed E-state index contributed by atoms with van der Waals surface area (Å²) in [7, 11) is 1.41. The maximum Gasteiger partial charge on any atom is 0.186 e. The number of fused-ring (bicyclic) bond motifs is 5. The second kappa shape index (κ2) is 15.2. The number of hydrogen-bond donors (Lipinski definition) is 8. The third-order valence-electron chi connectivity index (χ3n) is 14.9. The standard InChI is InChI=1S/C38H66O13/c1-18(2)25(50-35-32(45)30(43)27(51-35)17-49-34-31(44)29(42)26(47-6)16-48-34)8-7-19(3)21-14-23(40)33-37(21,5)12-10-28-36(4)11-9-20(39)13-22(36)24(41)15-38(28,33)46/h18-35,39-46H,7-17H2,1-6H3. The molecular formula is C38H66O13. The molecule has 6 rings (SSSR count). The van der Waals surface area contributed by atoms with E-state index in [2.05, 4.69) is 20.8 Å². The Bertz CT molecular complexity index is 1180. The molecule has 4 aliphatic carbocycles. The van der Waals surface area contributed by atoms with Gasteiger partial charge in [-0.05, 0) is 91.8 Å². The number of methoxy groups -OCH3 is 1. The average molecular weight is 731 g/mol. The van der Waals surface area contributed by atoms with Crippen molar-refractivity contribution in [2.75, 3.05) is 20.3 Å². The molecule has 0 aromatic heterocycles. The van der Waals surface area contributed by atoms with Crippen LogP contribution in [0.4, 0.5) is 0 Å². The Kier molecular flexibility index (Phi) is 12.0. The van der Waals surface area contributed by atoms with E-state index in [1.165, 1.54) is 7.11 Å². The first kappa shape index (κ1) is 40.2. The summed E-state index contributed by atoms with van der Waals surface area (Å²) in [5.41, 5.74) is -1.78. The second-order valence-corrected chi connectivity index (χ2v) is 18.1. The molecule has 6 fully saturated rings. The van der Waals surface area contributed by atoms with Crippen LogP contribution >= 0.6 is 0 Å². The molecule has 0 aromatic carbocycles. The zero-order chi connectivity index (χ0) is 37.2. The van der Waals surface area contributed by atoms with E-state index in [4.69, 9.17) is 23.7 Å². The molecule has 20 unspecified atom stereocenters. The molecule has 2 aliphatic heterocycles. The first-order chi connectivity index (χ1) is 24.0. The number of ether oxygens (including phenoxy) is 5. The summed E-state index contributed by atoms with van der Waals surface area (Å²) in [6, 6.07) is 0. The monoisotopic (exact) mass is 730 g/mol. The largest absolute Gasteiger partial charge is 0.393 e. The highest BCUT2D eigenvalue weighted by Crippen LogP contribution is 2.69. The molecule has 4 saturated carbocycles. The molecular weight excluding hydrogens is 664 g/mol. The number of rotatable bonds is 11. The summed E-state index contributed by atoms with van der Waals surface area (Å²) in [5, 5.41) is 88.4. The molecule has 8 N–H and O–H groups in total. The van der Waals surface area contributed by atoms with Crippen LogP contribution in [-0.4, -0.2) is 140 Å². The second-order valence-electron chi connectivity index (χ2n) is 18.1. The fourth-order valence-corrected chi connectivity index (χ4v) is 12.0. The van der Waals surface area contributed by atoms with E-state index in [-0.39, 0.29) is 72.1 Å². The lowest BCUT2D eigenvalue weighted by Crippen LogP contribution is -2.68. The predicted molar refractivity (Wildman–Crippen MR) is 183 cm³/mol. The molecule has 6 aliphatic rings. The van der Waals surface area contributed by atoms with E-state index >= 15 is 0 Å². The highest BCUT2D eigenvalue weighted by Gasteiger charge is 2.70. The molecule has 13 heteroatoms. The highest BCUT2D eigenvalue weighted by atomic mass is 16.7. The fraction of sp³-hybridized carbons (Fsp3) is 1.00.